The van der Waals surface area contributed by atoms with Gasteiger partial charge in [-0.05, 0) is 12.8 Å². The highest BCUT2D eigenvalue weighted by Crippen LogP contribution is 2.52. The summed E-state index contributed by atoms with van der Waals surface area (Å²) < 4.78 is 74.4. The van der Waals surface area contributed by atoms with Crippen LogP contribution in [0.5, 0.6) is 0 Å². The van der Waals surface area contributed by atoms with Crippen molar-refractivity contribution in [3.63, 3.8) is 0 Å². The van der Waals surface area contributed by atoms with Crippen LogP contribution in [0, 0.1) is 5.92 Å². The monoisotopic (exact) mass is 627 g/mol. The molecule has 5 N–H and O–H groups in total. The van der Waals surface area contributed by atoms with E-state index in [1.165, 1.54) is 17.2 Å². The zero-order chi connectivity index (χ0) is 30.0. The van der Waals surface area contributed by atoms with Crippen molar-refractivity contribution in [3.05, 3.63) is 35.7 Å². The molecule has 3 saturated heterocycles. The number of nitrogens with two attached hydrogens (primary N) is 1. The number of imidazole rings is 2. The Bertz CT molecular complexity index is 1770. The summed E-state index contributed by atoms with van der Waals surface area (Å²) in [6, 6.07) is 0. The number of fused-ring (bicyclic) bond motifs is 5. The molecule has 4 aromatic heterocycles. The highest BCUT2D eigenvalue weighted by molar-refractivity contribution is 7.47. The van der Waals surface area contributed by atoms with Gasteiger partial charge in [-0.15, -0.1) is 0 Å². The van der Waals surface area contributed by atoms with E-state index in [0.717, 1.165) is 17.2 Å². The molecule has 10 atom stereocenters. The lowest BCUT2D eigenvalue weighted by Crippen LogP contribution is -2.33. The van der Waals surface area contributed by atoms with Crippen LogP contribution in [0.2, 0.25) is 0 Å². The van der Waals surface area contributed by atoms with Gasteiger partial charge in [0.25, 0.3) is 5.56 Å². The molecular formula is C22H24F2N9O9P. The molecule has 3 fully saturated rings. The molecule has 3 aliphatic rings. The van der Waals surface area contributed by atoms with Crippen molar-refractivity contribution >= 4 is 36.0 Å². The zero-order valence-electron chi connectivity index (χ0n) is 21.8. The third kappa shape index (κ3) is 4.89. The maximum Gasteiger partial charge on any atom is 0.472 e. The molecule has 43 heavy (non-hydrogen) atoms. The van der Waals surface area contributed by atoms with Gasteiger partial charge in [-0.1, -0.05) is 0 Å². The van der Waals surface area contributed by atoms with Gasteiger partial charge in [0.1, 0.15) is 11.8 Å². The van der Waals surface area contributed by atoms with Gasteiger partial charge in [-0.25, -0.2) is 38.3 Å². The molecule has 0 spiro atoms. The quantitative estimate of drug-likeness (QED) is 0.217. The highest BCUT2D eigenvalue weighted by Gasteiger charge is 2.53. The number of hydrogen-bond donors (Lipinski definition) is 4. The summed E-state index contributed by atoms with van der Waals surface area (Å²) in [5.74, 6) is -0.900. The molecule has 7 rings (SSSR count). The van der Waals surface area contributed by atoms with E-state index in [2.05, 4.69) is 29.9 Å². The Morgan fingerprint density at radius 1 is 0.977 bits per heavy atom. The van der Waals surface area contributed by atoms with Gasteiger partial charge in [-0.3, -0.25) is 23.0 Å². The van der Waals surface area contributed by atoms with E-state index in [1.54, 1.807) is 0 Å². The van der Waals surface area contributed by atoms with Crippen molar-refractivity contribution in [2.45, 2.75) is 62.4 Å². The Labute approximate surface area is 238 Å². The number of anilines is 1. The Morgan fingerprint density at radius 3 is 2.53 bits per heavy atom. The maximum atomic E-state index is 15.9. The summed E-state index contributed by atoms with van der Waals surface area (Å²) in [6.45, 7) is -0.639. The fraction of sp³-hybridized carbons (Fsp3) is 0.545. The Hall–Kier alpha value is -3.49. The number of nitrogens with zero attached hydrogens (tertiary/aromatic N) is 7. The van der Waals surface area contributed by atoms with Crippen molar-refractivity contribution < 1.29 is 46.6 Å². The number of alkyl halides is 2. The van der Waals surface area contributed by atoms with Crippen LogP contribution in [-0.2, 0) is 27.8 Å². The number of hydrogen-bond acceptors (Lipinski definition) is 14. The number of phosphoric acid groups is 1. The second-order valence-electron chi connectivity index (χ2n) is 10.2. The molecule has 0 amide bonds. The van der Waals surface area contributed by atoms with Crippen LogP contribution in [0.25, 0.3) is 22.3 Å². The van der Waals surface area contributed by atoms with Crippen LogP contribution < -0.4 is 11.3 Å². The van der Waals surface area contributed by atoms with Gasteiger partial charge in [0.15, 0.2) is 66.1 Å². The second-order valence-corrected chi connectivity index (χ2v) is 11.6. The number of phosphoric ester groups is 1. The first-order chi connectivity index (χ1) is 20.6. The largest absolute Gasteiger partial charge is 0.472 e. The van der Waals surface area contributed by atoms with Crippen LogP contribution in [0.15, 0.2) is 30.1 Å². The van der Waals surface area contributed by atoms with E-state index in [9.17, 15) is 19.4 Å². The van der Waals surface area contributed by atoms with Crippen LogP contribution in [-0.4, -0.2) is 92.8 Å². The maximum absolute atomic E-state index is 15.9. The van der Waals surface area contributed by atoms with E-state index >= 15 is 8.78 Å². The lowest BCUT2D eigenvalue weighted by atomic mass is 9.93. The number of aromatic amines is 1. The van der Waals surface area contributed by atoms with Gasteiger partial charge in [0.05, 0.1) is 31.7 Å². The number of ether oxygens (including phenoxy) is 3. The normalized spacial score (nSPS) is 37.2. The standard InChI is InChI=1S/C22H24F2N9O9P/c23-11-8-1-2-10(34)40-22-12(24)15(21(41-22)33-7-31-14-18(33)28-5-29-19(14)35)42-43(36,37)38-3-9(8)39-20(11)32-6-30-13-16(25)26-4-27-17(13)32/h4-12,15,20-22,34H,1-3H2,(H,36,37)(H2,25,26,27)(H,28,29,35). The summed E-state index contributed by atoms with van der Waals surface area (Å²) in [4.78, 5) is 45.1. The van der Waals surface area contributed by atoms with Crippen LogP contribution in [0.3, 0.4) is 0 Å². The third-order valence-electron chi connectivity index (χ3n) is 7.60. The first-order valence-corrected chi connectivity index (χ1v) is 14.5. The summed E-state index contributed by atoms with van der Waals surface area (Å²) in [6.07, 6.45) is -8.75. The molecule has 18 nitrogen and oxygen atoms in total. The van der Waals surface area contributed by atoms with Gasteiger partial charge < -0.3 is 34.9 Å². The highest BCUT2D eigenvalue weighted by atomic mass is 31.2. The molecule has 3 aliphatic heterocycles. The number of nitrogen functional groups attached to an aromatic ring is 1. The topological polar surface area (TPSA) is 237 Å². The SMILES string of the molecule is Nc1ncnc2c1ncn2C1OC2COP(=O)(O)OC3C(F)C(OC(O)CCC2C1F)OC3n1cnc2c(=O)[nH]cnc21. The van der Waals surface area contributed by atoms with Gasteiger partial charge >= 0.3 is 7.82 Å². The zero-order valence-corrected chi connectivity index (χ0v) is 22.7. The fourth-order valence-corrected chi connectivity index (χ4v) is 6.48. The van der Waals surface area contributed by atoms with Crippen molar-refractivity contribution in [2.24, 2.45) is 5.92 Å². The molecule has 0 aliphatic carbocycles. The molecule has 7 heterocycles. The number of H-pyrrole nitrogens is 1. The average Bonchev–Trinajstić information content (AvgIpc) is 3.73. The van der Waals surface area contributed by atoms with Crippen molar-refractivity contribution in [1.29, 1.82) is 0 Å². The van der Waals surface area contributed by atoms with Crippen LogP contribution in [0.4, 0.5) is 14.6 Å². The Balaban J connectivity index is 1.18. The molecule has 0 radical (unpaired) electrons. The number of nitrogens with one attached hydrogen (secondary N) is 1. The minimum Gasteiger partial charge on any atom is -0.382 e. The van der Waals surface area contributed by atoms with Crippen LogP contribution in [0.1, 0.15) is 25.3 Å². The molecule has 0 aromatic carbocycles. The van der Waals surface area contributed by atoms with E-state index in [4.69, 9.17) is 29.0 Å². The van der Waals surface area contributed by atoms with Gasteiger partial charge in [-0.2, -0.15) is 0 Å². The molecule has 2 bridgehead atoms. The Kier molecular flexibility index (Phi) is 6.97. The van der Waals surface area contributed by atoms with Crippen LogP contribution >= 0.6 is 7.82 Å². The van der Waals surface area contributed by atoms with Crippen molar-refractivity contribution in [3.8, 4) is 0 Å². The van der Waals surface area contributed by atoms with E-state index < -0.39 is 75.5 Å². The second kappa shape index (κ2) is 10.6. The molecule has 21 heteroatoms. The summed E-state index contributed by atoms with van der Waals surface area (Å²) in [5.41, 5.74) is 5.53. The summed E-state index contributed by atoms with van der Waals surface area (Å²) in [7, 11) is -5.07. The smallest absolute Gasteiger partial charge is 0.382 e. The molecule has 4 aromatic rings. The summed E-state index contributed by atoms with van der Waals surface area (Å²) >= 11 is 0. The molecular weight excluding hydrogens is 603 g/mol. The fourth-order valence-electron chi connectivity index (χ4n) is 5.56. The number of aliphatic hydroxyl groups is 1. The minimum absolute atomic E-state index is 0.0353. The predicted molar refractivity (Wildman–Crippen MR) is 136 cm³/mol. The van der Waals surface area contributed by atoms with E-state index in [1.807, 2.05) is 0 Å². The van der Waals surface area contributed by atoms with Crippen molar-refractivity contribution in [1.82, 2.24) is 39.0 Å². The Morgan fingerprint density at radius 2 is 1.72 bits per heavy atom. The first kappa shape index (κ1) is 28.3. The molecule has 0 saturated carbocycles. The first-order valence-electron chi connectivity index (χ1n) is 13.0. The molecule has 10 unspecified atom stereocenters. The third-order valence-corrected chi connectivity index (χ3v) is 8.58. The summed E-state index contributed by atoms with van der Waals surface area (Å²) in [5, 5.41) is 10.6. The lowest BCUT2D eigenvalue weighted by molar-refractivity contribution is -0.243. The van der Waals surface area contributed by atoms with Gasteiger partial charge in [0.2, 0.25) is 0 Å². The number of aliphatic hydroxyl groups excluding tert-OH is 1. The van der Waals surface area contributed by atoms with E-state index in [-0.39, 0.29) is 41.0 Å². The minimum atomic E-state index is -5.07. The van der Waals surface area contributed by atoms with E-state index in [0.29, 0.717) is 0 Å². The molecule has 230 valence electrons. The number of aromatic nitrogens is 8. The van der Waals surface area contributed by atoms with Crippen molar-refractivity contribution in [2.75, 3.05) is 12.3 Å². The predicted octanol–water partition coefficient (Wildman–Crippen LogP) is 0.217. The lowest BCUT2D eigenvalue weighted by Gasteiger charge is -2.25. The number of rotatable bonds is 2. The average molecular weight is 627 g/mol. The number of halogens is 2. The van der Waals surface area contributed by atoms with Gasteiger partial charge in [0, 0.05) is 5.92 Å².